The quantitative estimate of drug-likeness (QED) is 0.306. The van der Waals surface area contributed by atoms with E-state index in [0.29, 0.717) is 66.6 Å². The van der Waals surface area contributed by atoms with Gasteiger partial charge in [0, 0.05) is 51.4 Å². The Balaban J connectivity index is 1.55. The van der Waals surface area contributed by atoms with E-state index in [-0.39, 0.29) is 33.6 Å². The second-order valence-electron chi connectivity index (χ2n) is 8.89. The zero-order valence-electron chi connectivity index (χ0n) is 21.3. The fraction of sp³-hybridized carbons (Fsp3) is 0.500. The molecule has 11 nitrogen and oxygen atoms in total. The van der Waals surface area contributed by atoms with Gasteiger partial charge < -0.3 is 34.3 Å². The number of aromatic nitrogens is 4. The molecule has 0 radical (unpaired) electrons. The molecule has 206 valence electrons. The first-order chi connectivity index (χ1) is 18.2. The minimum absolute atomic E-state index is 0.111. The number of thiazole rings is 1. The van der Waals surface area contributed by atoms with Crippen molar-refractivity contribution >= 4 is 51.5 Å². The summed E-state index contributed by atoms with van der Waals surface area (Å²) in [5.74, 6) is -0.955. The van der Waals surface area contributed by atoms with Crippen LogP contribution in [0.5, 0.6) is 0 Å². The average Bonchev–Trinajstić information content (AvgIpc) is 3.61. The number of hydrogen-bond donors (Lipinski definition) is 3. The van der Waals surface area contributed by atoms with Gasteiger partial charge in [0.2, 0.25) is 0 Å². The molecule has 1 amide bonds. The van der Waals surface area contributed by atoms with Gasteiger partial charge in [0.1, 0.15) is 16.3 Å². The van der Waals surface area contributed by atoms with Gasteiger partial charge >= 0.3 is 5.97 Å². The Hall–Kier alpha value is -2.64. The maximum atomic E-state index is 13.0. The number of piperidine rings is 1. The number of amides is 1. The first-order valence-electron chi connectivity index (χ1n) is 12.2. The Kier molecular flexibility index (Phi) is 9.32. The number of rotatable bonds is 11. The molecule has 3 aromatic heterocycles. The highest BCUT2D eigenvalue weighted by atomic mass is 35.5. The molecule has 1 aliphatic heterocycles. The van der Waals surface area contributed by atoms with E-state index in [0.717, 1.165) is 17.8 Å². The van der Waals surface area contributed by atoms with Crippen LogP contribution >= 0.6 is 34.5 Å². The minimum atomic E-state index is -1.07. The number of H-pyrrole nitrogens is 1. The number of ether oxygens (including phenoxy) is 2. The SMILES string of the molecule is CCCO[C@H]1CN(c2nc(-c3nccn3CCOC)c(C(=O)O)s2)CC[C@H]1NC(=O)c1[nH]c(C)c(Cl)c1Cl. The molecule has 0 aromatic carbocycles. The van der Waals surface area contributed by atoms with Gasteiger partial charge in [0.15, 0.2) is 11.0 Å². The molecule has 0 bridgehead atoms. The number of carbonyl (C=O) groups is 2. The van der Waals surface area contributed by atoms with E-state index in [1.165, 1.54) is 0 Å². The second-order valence-corrected chi connectivity index (χ2v) is 10.6. The number of nitrogens with zero attached hydrogens (tertiary/aromatic N) is 4. The van der Waals surface area contributed by atoms with E-state index in [4.69, 9.17) is 37.7 Å². The number of aromatic carboxylic acids is 1. The Labute approximate surface area is 234 Å². The van der Waals surface area contributed by atoms with Crippen molar-refractivity contribution in [3.63, 3.8) is 0 Å². The molecule has 4 heterocycles. The third kappa shape index (κ3) is 5.99. The van der Waals surface area contributed by atoms with Gasteiger partial charge in [-0.1, -0.05) is 41.5 Å². The van der Waals surface area contributed by atoms with Crippen molar-refractivity contribution in [2.75, 3.05) is 38.3 Å². The predicted molar refractivity (Wildman–Crippen MR) is 146 cm³/mol. The van der Waals surface area contributed by atoms with Crippen LogP contribution in [0.4, 0.5) is 5.13 Å². The van der Waals surface area contributed by atoms with Crippen LogP contribution in [0.1, 0.15) is 45.6 Å². The average molecular weight is 586 g/mol. The molecular weight excluding hydrogens is 555 g/mol. The molecule has 0 spiro atoms. The molecule has 0 saturated carbocycles. The first kappa shape index (κ1) is 28.4. The van der Waals surface area contributed by atoms with Gasteiger partial charge in [0.05, 0.1) is 28.8 Å². The van der Waals surface area contributed by atoms with Crippen LogP contribution in [-0.2, 0) is 16.0 Å². The number of hydrogen-bond acceptors (Lipinski definition) is 8. The van der Waals surface area contributed by atoms with Crippen molar-refractivity contribution in [2.24, 2.45) is 0 Å². The van der Waals surface area contributed by atoms with Crippen molar-refractivity contribution < 1.29 is 24.2 Å². The normalized spacial score (nSPS) is 17.7. The highest BCUT2D eigenvalue weighted by Gasteiger charge is 2.34. The molecule has 3 aromatic rings. The zero-order valence-corrected chi connectivity index (χ0v) is 23.6. The maximum absolute atomic E-state index is 13.0. The molecule has 4 rings (SSSR count). The van der Waals surface area contributed by atoms with Gasteiger partial charge in [-0.2, -0.15) is 0 Å². The summed E-state index contributed by atoms with van der Waals surface area (Å²) in [4.78, 5) is 39.2. The lowest BCUT2D eigenvalue weighted by Gasteiger charge is -2.38. The van der Waals surface area contributed by atoms with Crippen LogP contribution < -0.4 is 10.2 Å². The van der Waals surface area contributed by atoms with E-state index < -0.39 is 5.97 Å². The van der Waals surface area contributed by atoms with Gasteiger partial charge in [-0.05, 0) is 19.8 Å². The van der Waals surface area contributed by atoms with Crippen LogP contribution in [0.2, 0.25) is 10.0 Å². The Bertz CT molecular complexity index is 1290. The van der Waals surface area contributed by atoms with Gasteiger partial charge in [-0.15, -0.1) is 0 Å². The van der Waals surface area contributed by atoms with E-state index in [2.05, 4.69) is 15.3 Å². The number of anilines is 1. The number of carbonyl (C=O) groups excluding carboxylic acids is 1. The number of nitrogens with one attached hydrogen (secondary N) is 2. The molecule has 0 unspecified atom stereocenters. The standard InChI is InChI=1S/C24H30Cl2N6O5S/c1-4-10-37-15-12-32(7-5-14(15)29-22(33)18-17(26)16(25)13(2)28-18)24-30-19(20(38-24)23(34)35)21-27-6-8-31(21)9-11-36-3/h6,8,14-15,28H,4-5,7,9-12H2,1-3H3,(H,29,33)(H,34,35)/t14-,15+/m1/s1. The summed E-state index contributed by atoms with van der Waals surface area (Å²) in [5.41, 5.74) is 1.14. The fourth-order valence-electron chi connectivity index (χ4n) is 4.30. The number of carboxylic acid groups (broad SMARTS) is 1. The van der Waals surface area contributed by atoms with Crippen LogP contribution in [0.3, 0.4) is 0 Å². The largest absolute Gasteiger partial charge is 0.477 e. The van der Waals surface area contributed by atoms with Crippen LogP contribution in [0.15, 0.2) is 12.4 Å². The van der Waals surface area contributed by atoms with Gasteiger partial charge in [-0.3, -0.25) is 4.79 Å². The third-order valence-electron chi connectivity index (χ3n) is 6.24. The smallest absolute Gasteiger partial charge is 0.348 e. The third-order valence-corrected chi connectivity index (χ3v) is 8.29. The maximum Gasteiger partial charge on any atom is 0.348 e. The molecular formula is C24H30Cl2N6O5S. The molecule has 1 fully saturated rings. The predicted octanol–water partition coefficient (Wildman–Crippen LogP) is 4.10. The summed E-state index contributed by atoms with van der Waals surface area (Å²) < 4.78 is 13.1. The second kappa shape index (κ2) is 12.5. The first-order valence-corrected chi connectivity index (χ1v) is 13.8. The molecule has 1 aliphatic rings. The summed E-state index contributed by atoms with van der Waals surface area (Å²) >= 11 is 13.5. The van der Waals surface area contributed by atoms with Crippen molar-refractivity contribution in [1.29, 1.82) is 0 Å². The number of aryl methyl sites for hydroxylation is 1. The monoisotopic (exact) mass is 584 g/mol. The summed E-state index contributed by atoms with van der Waals surface area (Å²) in [7, 11) is 1.60. The van der Waals surface area contributed by atoms with Crippen molar-refractivity contribution in [2.45, 2.75) is 45.4 Å². The Morgan fingerprint density at radius 2 is 2.11 bits per heavy atom. The number of methoxy groups -OCH3 is 1. The summed E-state index contributed by atoms with van der Waals surface area (Å²) in [6.45, 7) is 6.21. The van der Waals surface area contributed by atoms with Crippen molar-refractivity contribution in [3.8, 4) is 11.5 Å². The molecule has 14 heteroatoms. The highest BCUT2D eigenvalue weighted by molar-refractivity contribution is 7.17. The number of imidazole rings is 1. The lowest BCUT2D eigenvalue weighted by Crippen LogP contribution is -2.55. The van der Waals surface area contributed by atoms with Gasteiger partial charge in [0.25, 0.3) is 5.91 Å². The van der Waals surface area contributed by atoms with Crippen LogP contribution in [0, 0.1) is 6.92 Å². The molecule has 3 N–H and O–H groups in total. The van der Waals surface area contributed by atoms with Crippen molar-refractivity contribution in [1.82, 2.24) is 24.8 Å². The summed E-state index contributed by atoms with van der Waals surface area (Å²) in [6.07, 6.45) is 4.41. The van der Waals surface area contributed by atoms with E-state index in [1.807, 2.05) is 16.4 Å². The lowest BCUT2D eigenvalue weighted by atomic mass is 10.0. The van der Waals surface area contributed by atoms with Crippen LogP contribution in [-0.4, -0.2) is 82.1 Å². The molecule has 0 aliphatic carbocycles. The van der Waals surface area contributed by atoms with Crippen LogP contribution in [0.25, 0.3) is 11.5 Å². The Morgan fingerprint density at radius 1 is 1.32 bits per heavy atom. The fourth-order valence-corrected chi connectivity index (χ4v) is 5.65. The summed E-state index contributed by atoms with van der Waals surface area (Å²) in [5, 5.41) is 14.0. The molecule has 2 atom stereocenters. The molecule has 38 heavy (non-hydrogen) atoms. The number of halogens is 2. The zero-order chi connectivity index (χ0) is 27.4. The lowest BCUT2D eigenvalue weighted by molar-refractivity contribution is 0.0205. The number of aromatic amines is 1. The van der Waals surface area contributed by atoms with E-state index in [9.17, 15) is 14.7 Å². The van der Waals surface area contributed by atoms with Crippen molar-refractivity contribution in [3.05, 3.63) is 38.7 Å². The Morgan fingerprint density at radius 3 is 2.76 bits per heavy atom. The summed E-state index contributed by atoms with van der Waals surface area (Å²) in [6, 6.07) is -0.282. The van der Waals surface area contributed by atoms with Gasteiger partial charge in [-0.25, -0.2) is 14.8 Å². The number of carboxylic acids is 1. The highest BCUT2D eigenvalue weighted by Crippen LogP contribution is 2.35. The minimum Gasteiger partial charge on any atom is -0.477 e. The topological polar surface area (TPSA) is 135 Å². The van der Waals surface area contributed by atoms with E-state index >= 15 is 0 Å². The van der Waals surface area contributed by atoms with E-state index in [1.54, 1.807) is 26.4 Å². The molecule has 1 saturated heterocycles.